The Balaban J connectivity index is 2.04. The van der Waals surface area contributed by atoms with Gasteiger partial charge in [-0.3, -0.25) is 10.1 Å². The van der Waals surface area contributed by atoms with Crippen molar-refractivity contribution >= 4 is 40.7 Å². The first kappa shape index (κ1) is 20.8. The zero-order valence-corrected chi connectivity index (χ0v) is 16.4. The Hall–Kier alpha value is -2.46. The molecule has 10 heteroatoms. The molecule has 0 N–H and O–H groups in total. The summed E-state index contributed by atoms with van der Waals surface area (Å²) in [5.74, 6) is -1.48. The average molecular weight is 410 g/mol. The molecular formula is C17H18N2O6S2. The quantitative estimate of drug-likeness (QED) is 0.264. The number of carbonyl (C=O) groups is 2. The largest absolute Gasteiger partial charge is 0.463 e. The van der Waals surface area contributed by atoms with E-state index in [1.165, 1.54) is 23.5 Å². The fourth-order valence-corrected chi connectivity index (χ4v) is 3.81. The molecule has 0 aliphatic carbocycles. The number of esters is 2. The van der Waals surface area contributed by atoms with Gasteiger partial charge < -0.3 is 9.47 Å². The summed E-state index contributed by atoms with van der Waals surface area (Å²) in [6.45, 7) is 3.52. The molecule has 1 heterocycles. The molecule has 2 aromatic rings. The number of aromatic nitrogens is 1. The Morgan fingerprint density at radius 2 is 2.11 bits per heavy atom. The third kappa shape index (κ3) is 6.33. The number of thiazole rings is 1. The second-order valence-electron chi connectivity index (χ2n) is 5.45. The van der Waals surface area contributed by atoms with Crippen LogP contribution in [0.25, 0.3) is 0 Å². The van der Waals surface area contributed by atoms with E-state index >= 15 is 0 Å². The Morgan fingerprint density at radius 1 is 1.33 bits per heavy atom. The van der Waals surface area contributed by atoms with E-state index in [1.54, 1.807) is 0 Å². The molecule has 0 spiro atoms. The van der Waals surface area contributed by atoms with E-state index in [2.05, 4.69) is 4.98 Å². The van der Waals surface area contributed by atoms with E-state index in [1.807, 2.05) is 19.2 Å². The van der Waals surface area contributed by atoms with Crippen LogP contribution < -0.4 is 0 Å². The number of nitro groups is 1. The minimum absolute atomic E-state index is 0.0114. The van der Waals surface area contributed by atoms with Gasteiger partial charge in [-0.25, -0.2) is 14.6 Å². The smallest absolute Gasteiger partial charge is 0.344 e. The zero-order chi connectivity index (χ0) is 19.8. The van der Waals surface area contributed by atoms with Crippen LogP contribution in [0, 0.1) is 17.0 Å². The minimum atomic E-state index is -0.827. The molecule has 0 bridgehead atoms. The van der Waals surface area contributed by atoms with Crippen LogP contribution in [0.15, 0.2) is 32.8 Å². The molecule has 1 aromatic carbocycles. The van der Waals surface area contributed by atoms with Crippen molar-refractivity contribution in [2.45, 2.75) is 35.9 Å². The number of ether oxygens (including phenoxy) is 2. The molecule has 8 nitrogen and oxygen atoms in total. The van der Waals surface area contributed by atoms with Crippen LogP contribution in [0.3, 0.4) is 0 Å². The van der Waals surface area contributed by atoms with Crippen LogP contribution in [0.4, 0.5) is 5.69 Å². The van der Waals surface area contributed by atoms with Crippen molar-refractivity contribution < 1.29 is 24.0 Å². The van der Waals surface area contributed by atoms with Crippen LogP contribution in [0.2, 0.25) is 0 Å². The van der Waals surface area contributed by atoms with E-state index in [0.717, 1.165) is 36.4 Å². The molecule has 0 amide bonds. The monoisotopic (exact) mass is 410 g/mol. The number of carbonyl (C=O) groups excluding carboxylic acids is 2. The van der Waals surface area contributed by atoms with Gasteiger partial charge in [0, 0.05) is 17.1 Å². The Labute approximate surface area is 164 Å². The topological polar surface area (TPSA) is 109 Å². The van der Waals surface area contributed by atoms with Crippen molar-refractivity contribution in [1.29, 1.82) is 0 Å². The fraction of sp³-hybridized carbons (Fsp3) is 0.353. The van der Waals surface area contributed by atoms with Gasteiger partial charge in [0.25, 0.3) is 5.69 Å². The molecule has 2 rings (SSSR count). The number of rotatable bonds is 9. The lowest BCUT2D eigenvalue weighted by molar-refractivity contribution is -0.387. The Kier molecular flexibility index (Phi) is 7.74. The van der Waals surface area contributed by atoms with Crippen LogP contribution in [0.5, 0.6) is 0 Å². The Morgan fingerprint density at radius 3 is 2.74 bits per heavy atom. The number of aryl methyl sites for hydroxylation is 1. The summed E-state index contributed by atoms with van der Waals surface area (Å²) in [6, 6.07) is 4.02. The molecule has 0 aliphatic heterocycles. The molecule has 0 saturated heterocycles. The van der Waals surface area contributed by atoms with Crippen molar-refractivity contribution in [3.05, 3.63) is 45.0 Å². The lowest BCUT2D eigenvalue weighted by atomic mass is 10.2. The summed E-state index contributed by atoms with van der Waals surface area (Å²) in [7, 11) is 0. The van der Waals surface area contributed by atoms with Crippen LogP contribution in [-0.4, -0.2) is 35.1 Å². The van der Waals surface area contributed by atoms with Gasteiger partial charge in [-0.05, 0) is 25.5 Å². The predicted octanol–water partition coefficient (Wildman–Crippen LogP) is 4.01. The first-order chi connectivity index (χ1) is 12.9. The molecule has 0 fully saturated rings. The van der Waals surface area contributed by atoms with Gasteiger partial charge in [0.15, 0.2) is 10.9 Å². The van der Waals surface area contributed by atoms with Crippen LogP contribution in [0.1, 0.15) is 35.8 Å². The molecule has 0 aliphatic rings. The molecule has 0 unspecified atom stereocenters. The molecule has 1 aromatic heterocycles. The van der Waals surface area contributed by atoms with Gasteiger partial charge in [0.2, 0.25) is 0 Å². The predicted molar refractivity (Wildman–Crippen MR) is 100 cm³/mol. The second kappa shape index (κ2) is 10.0. The molecule has 0 saturated carbocycles. The van der Waals surface area contributed by atoms with Gasteiger partial charge in [-0.1, -0.05) is 25.1 Å². The maximum absolute atomic E-state index is 12.1. The van der Waals surface area contributed by atoms with Crippen molar-refractivity contribution in [1.82, 2.24) is 4.98 Å². The summed E-state index contributed by atoms with van der Waals surface area (Å²) in [5, 5.41) is 13.2. The fourth-order valence-electron chi connectivity index (χ4n) is 1.93. The number of nitro benzene ring substituents is 1. The first-order valence-corrected chi connectivity index (χ1v) is 9.81. The highest BCUT2D eigenvalue weighted by atomic mass is 32.2. The summed E-state index contributed by atoms with van der Waals surface area (Å²) in [6.07, 6.45) is 1.60. The molecule has 27 heavy (non-hydrogen) atoms. The van der Waals surface area contributed by atoms with Crippen molar-refractivity contribution in [2.24, 2.45) is 0 Å². The number of hydrogen-bond acceptors (Lipinski definition) is 9. The summed E-state index contributed by atoms with van der Waals surface area (Å²) < 4.78 is 10.4. The van der Waals surface area contributed by atoms with Crippen LogP contribution in [-0.2, 0) is 14.3 Å². The first-order valence-electron chi connectivity index (χ1n) is 8.12. The standard InChI is InChI=1S/C17H18N2O6S2/c1-3-4-7-24-15(20)9-25-16(21)12-5-6-14(13(8-12)19(22)23)27-17-18-11(2)10-26-17/h5-6,8,10H,3-4,7,9H2,1-2H3. The minimum Gasteiger partial charge on any atom is -0.463 e. The molecule has 0 radical (unpaired) electrons. The highest BCUT2D eigenvalue weighted by Gasteiger charge is 2.20. The van der Waals surface area contributed by atoms with Gasteiger partial charge in [0.1, 0.15) is 0 Å². The lowest BCUT2D eigenvalue weighted by Crippen LogP contribution is -2.17. The summed E-state index contributed by atoms with van der Waals surface area (Å²) in [4.78, 5) is 38.9. The molecule has 0 atom stereocenters. The van der Waals surface area contributed by atoms with Crippen molar-refractivity contribution in [3.63, 3.8) is 0 Å². The third-order valence-electron chi connectivity index (χ3n) is 3.27. The number of nitrogens with zero attached hydrogens (tertiary/aromatic N) is 2. The van der Waals surface area contributed by atoms with Gasteiger partial charge in [0.05, 0.1) is 22.0 Å². The SMILES string of the molecule is CCCCOC(=O)COC(=O)c1ccc(Sc2nc(C)cs2)c([N+](=O)[O-])c1. The number of unbranched alkanes of at least 4 members (excludes halogenated alkanes) is 1. The summed E-state index contributed by atoms with van der Waals surface area (Å²) >= 11 is 2.53. The van der Waals surface area contributed by atoms with Gasteiger partial charge >= 0.3 is 11.9 Å². The third-order valence-corrected chi connectivity index (χ3v) is 5.39. The van der Waals surface area contributed by atoms with E-state index < -0.39 is 23.5 Å². The van der Waals surface area contributed by atoms with Gasteiger partial charge in [-0.15, -0.1) is 11.3 Å². The van der Waals surface area contributed by atoms with Crippen molar-refractivity contribution in [3.8, 4) is 0 Å². The zero-order valence-electron chi connectivity index (χ0n) is 14.8. The van der Waals surface area contributed by atoms with Gasteiger partial charge in [-0.2, -0.15) is 0 Å². The summed E-state index contributed by atoms with van der Waals surface area (Å²) in [5.41, 5.74) is 0.590. The van der Waals surface area contributed by atoms with Crippen LogP contribution >= 0.6 is 23.1 Å². The highest BCUT2D eigenvalue weighted by Crippen LogP contribution is 2.36. The van der Waals surface area contributed by atoms with E-state index in [0.29, 0.717) is 9.24 Å². The van der Waals surface area contributed by atoms with E-state index in [9.17, 15) is 19.7 Å². The molecular weight excluding hydrogens is 392 g/mol. The van der Waals surface area contributed by atoms with Crippen molar-refractivity contribution in [2.75, 3.05) is 13.2 Å². The lowest BCUT2D eigenvalue weighted by Gasteiger charge is -2.07. The number of hydrogen-bond donors (Lipinski definition) is 0. The maximum atomic E-state index is 12.1. The second-order valence-corrected chi connectivity index (χ2v) is 7.59. The van der Waals surface area contributed by atoms with E-state index in [4.69, 9.17) is 9.47 Å². The normalized spacial score (nSPS) is 10.4. The Bertz CT molecular complexity index is 837. The maximum Gasteiger partial charge on any atom is 0.344 e. The highest BCUT2D eigenvalue weighted by molar-refractivity contribution is 8.01. The average Bonchev–Trinajstić information content (AvgIpc) is 3.04. The van der Waals surface area contributed by atoms with E-state index in [-0.39, 0.29) is 17.9 Å². The molecule has 144 valence electrons. The number of benzene rings is 1.